The fraction of sp³-hybridized carbons (Fsp3) is 0.333. The molecule has 0 saturated carbocycles. The van der Waals surface area contributed by atoms with Gasteiger partial charge in [-0.1, -0.05) is 79.7 Å². The topological polar surface area (TPSA) is 79.1 Å². The number of nitrogens with zero attached hydrogens (tertiary/aromatic N) is 3. The van der Waals surface area contributed by atoms with Crippen LogP contribution in [-0.2, 0) is 19.7 Å². The van der Waals surface area contributed by atoms with Gasteiger partial charge in [0.25, 0.3) is 0 Å². The number of hydrogen-bond acceptors (Lipinski definition) is 7. The number of hydrogen-bond donors (Lipinski definition) is 1. The van der Waals surface area contributed by atoms with Crippen LogP contribution in [0, 0.1) is 0 Å². The second kappa shape index (κ2) is 11.2. The van der Waals surface area contributed by atoms with Gasteiger partial charge in [0.1, 0.15) is 40.9 Å². The Kier molecular flexibility index (Phi) is 7.48. The summed E-state index contributed by atoms with van der Waals surface area (Å²) in [7, 11) is 1.68. The van der Waals surface area contributed by atoms with Gasteiger partial charge in [-0.2, -0.15) is 5.10 Å². The maximum Gasteiger partial charge on any atom is 0.164 e. The van der Waals surface area contributed by atoms with Gasteiger partial charge in [0.15, 0.2) is 11.6 Å². The summed E-state index contributed by atoms with van der Waals surface area (Å²) in [5.41, 5.74) is 3.28. The molecule has 4 heterocycles. The molecule has 5 aromatic rings. The van der Waals surface area contributed by atoms with Gasteiger partial charge in [-0.15, -0.1) is 0 Å². The number of fused-ring (bicyclic) bond motifs is 2. The molecule has 2 saturated heterocycles. The molecule has 45 heavy (non-hydrogen) atoms. The van der Waals surface area contributed by atoms with Gasteiger partial charge in [-0.3, -0.25) is 0 Å². The van der Waals surface area contributed by atoms with Gasteiger partial charge in [0.05, 0.1) is 18.9 Å². The Labute approximate surface area is 271 Å². The molecule has 0 aliphatic carbocycles. The molecule has 4 atom stereocenters. The van der Waals surface area contributed by atoms with Crippen LogP contribution in [0.25, 0.3) is 5.52 Å². The van der Waals surface area contributed by atoms with Crippen molar-refractivity contribution in [3.8, 4) is 5.75 Å². The summed E-state index contributed by atoms with van der Waals surface area (Å²) in [6.45, 7) is 8.12. The van der Waals surface area contributed by atoms with Crippen LogP contribution in [0.3, 0.4) is 0 Å². The number of aromatic nitrogens is 3. The molecule has 1 N–H and O–H groups in total. The first-order chi connectivity index (χ1) is 21.7. The molecule has 232 valence electrons. The van der Waals surface area contributed by atoms with Crippen molar-refractivity contribution in [3.63, 3.8) is 0 Å². The van der Waals surface area contributed by atoms with E-state index in [1.54, 1.807) is 13.4 Å². The fourth-order valence-electron chi connectivity index (χ4n) is 7.15. The van der Waals surface area contributed by atoms with Gasteiger partial charge in [-0.05, 0) is 78.0 Å². The first-order valence-electron chi connectivity index (χ1n) is 15.3. The summed E-state index contributed by atoms with van der Waals surface area (Å²) >= 11 is 3.87. The zero-order valence-electron chi connectivity index (χ0n) is 26.0. The van der Waals surface area contributed by atoms with E-state index in [9.17, 15) is 0 Å². The van der Waals surface area contributed by atoms with Gasteiger partial charge in [0.2, 0.25) is 0 Å². The summed E-state index contributed by atoms with van der Waals surface area (Å²) in [5, 5.41) is 8.67. The molecule has 2 fully saturated rings. The quantitative estimate of drug-likeness (QED) is 0.170. The summed E-state index contributed by atoms with van der Waals surface area (Å²) in [4.78, 5) is 4.85. The number of benzene rings is 3. The summed E-state index contributed by atoms with van der Waals surface area (Å²) in [5.74, 6) is 0.721. The zero-order valence-corrected chi connectivity index (χ0v) is 27.6. The zero-order chi connectivity index (χ0) is 31.4. The molecule has 0 spiro atoms. The van der Waals surface area contributed by atoms with E-state index in [1.807, 2.05) is 42.6 Å². The minimum absolute atomic E-state index is 0.107. The first kappa shape index (κ1) is 29.9. The number of nitrogens with one attached hydrogen (secondary N) is 1. The van der Waals surface area contributed by atoms with Crippen molar-refractivity contribution < 1.29 is 18.9 Å². The Hall–Kier alpha value is -3.76. The molecule has 9 heteroatoms. The van der Waals surface area contributed by atoms with Crippen LogP contribution in [0.4, 0.5) is 5.82 Å². The molecule has 8 nitrogen and oxygen atoms in total. The third-order valence-electron chi connectivity index (χ3n) is 9.06. The van der Waals surface area contributed by atoms with E-state index in [0.29, 0.717) is 5.82 Å². The van der Waals surface area contributed by atoms with E-state index < -0.39 is 23.0 Å². The minimum atomic E-state index is -0.811. The Balaban J connectivity index is 1.41. The van der Waals surface area contributed by atoms with Crippen molar-refractivity contribution in [1.82, 2.24) is 14.6 Å². The predicted octanol–water partition coefficient (Wildman–Crippen LogP) is 7.66. The monoisotopic (exact) mass is 668 g/mol. The maximum absolute atomic E-state index is 6.67. The van der Waals surface area contributed by atoms with E-state index >= 15 is 0 Å². The molecule has 0 bridgehead atoms. The largest absolute Gasteiger partial charge is 0.497 e. The van der Waals surface area contributed by atoms with E-state index in [1.165, 1.54) is 0 Å². The average molecular weight is 670 g/mol. The lowest BCUT2D eigenvalue weighted by atomic mass is 9.77. The SMILES string of the molecule is CC[C@H]1O[C@@H](c2cc(Br)c3c(NC(c4ccccc4)(c4ccccc4)c4ccc(OC)cc4)ncnn23)[C@]2(C)OC(C)(C)O[C@H]12. The number of methoxy groups -OCH3 is 1. The van der Waals surface area contributed by atoms with Crippen LogP contribution >= 0.6 is 15.9 Å². The maximum atomic E-state index is 6.67. The van der Waals surface area contributed by atoms with Gasteiger partial charge in [-0.25, -0.2) is 9.50 Å². The van der Waals surface area contributed by atoms with Crippen molar-refractivity contribution in [2.75, 3.05) is 12.4 Å². The van der Waals surface area contributed by atoms with Gasteiger partial charge >= 0.3 is 0 Å². The standard InChI is InChI=1S/C36H37BrN4O4/c1-6-29-32-35(4,45-34(2,3)44-32)31(43-29)28-21-27(37)30-33(38-22-39-41(28)30)40-36(23-13-9-7-10-14-23,24-15-11-8-12-16-24)25-17-19-26(42-5)20-18-25/h7-22,29,31-32H,6H2,1-5H3,(H,38,39,40)/t29-,31+,32-,35+/m1/s1. The number of anilines is 1. The van der Waals surface area contributed by atoms with Crippen LogP contribution in [0.2, 0.25) is 0 Å². The lowest BCUT2D eigenvalue weighted by Crippen LogP contribution is -2.40. The van der Waals surface area contributed by atoms with Crippen molar-refractivity contribution in [1.29, 1.82) is 0 Å². The lowest BCUT2D eigenvalue weighted by molar-refractivity contribution is -0.204. The molecule has 2 aliphatic rings. The molecule has 2 aliphatic heterocycles. The minimum Gasteiger partial charge on any atom is -0.497 e. The number of halogens is 1. The van der Waals surface area contributed by atoms with E-state index in [4.69, 9.17) is 29.0 Å². The average Bonchev–Trinajstić information content (AvgIpc) is 3.62. The molecule has 7 rings (SSSR count). The summed E-state index contributed by atoms with van der Waals surface area (Å²) < 4.78 is 27.9. The molecule has 3 aromatic carbocycles. The van der Waals surface area contributed by atoms with Gasteiger partial charge < -0.3 is 24.3 Å². The van der Waals surface area contributed by atoms with E-state index in [-0.39, 0.29) is 12.2 Å². The molecule has 0 radical (unpaired) electrons. The lowest BCUT2D eigenvalue weighted by Gasteiger charge is -2.37. The third-order valence-corrected chi connectivity index (χ3v) is 9.66. The van der Waals surface area contributed by atoms with E-state index in [0.717, 1.165) is 44.5 Å². The summed E-state index contributed by atoms with van der Waals surface area (Å²) in [6, 6.07) is 31.1. The highest BCUT2D eigenvalue weighted by molar-refractivity contribution is 9.10. The Bertz CT molecular complexity index is 1770. The Morgan fingerprint density at radius 3 is 2.16 bits per heavy atom. The highest BCUT2D eigenvalue weighted by atomic mass is 79.9. The molecule has 0 unspecified atom stereocenters. The van der Waals surface area contributed by atoms with Crippen molar-refractivity contribution in [2.24, 2.45) is 0 Å². The third kappa shape index (κ3) is 4.84. The van der Waals surface area contributed by atoms with E-state index in [2.05, 4.69) is 102 Å². The highest BCUT2D eigenvalue weighted by Gasteiger charge is 2.64. The molecule has 2 aromatic heterocycles. The van der Waals surface area contributed by atoms with Crippen molar-refractivity contribution in [3.05, 3.63) is 124 Å². The van der Waals surface area contributed by atoms with Crippen LogP contribution in [0.5, 0.6) is 5.75 Å². The number of rotatable bonds is 8. The van der Waals surface area contributed by atoms with Crippen LogP contribution < -0.4 is 10.1 Å². The van der Waals surface area contributed by atoms with Gasteiger partial charge in [0, 0.05) is 4.47 Å². The molecular weight excluding hydrogens is 632 g/mol. The number of ether oxygens (including phenoxy) is 4. The fourth-order valence-corrected chi connectivity index (χ4v) is 7.74. The molecule has 0 amide bonds. The highest BCUT2D eigenvalue weighted by Crippen LogP contribution is 2.54. The van der Waals surface area contributed by atoms with Crippen molar-refractivity contribution >= 4 is 27.3 Å². The smallest absolute Gasteiger partial charge is 0.164 e. The van der Waals surface area contributed by atoms with Crippen LogP contribution in [0.1, 0.15) is 62.6 Å². The van der Waals surface area contributed by atoms with Crippen LogP contribution in [-0.4, -0.2) is 45.3 Å². The Morgan fingerprint density at radius 2 is 1.56 bits per heavy atom. The summed E-state index contributed by atoms with van der Waals surface area (Å²) in [6.07, 6.45) is 1.67. The second-order valence-corrected chi connectivity index (χ2v) is 13.2. The second-order valence-electron chi connectivity index (χ2n) is 12.3. The normalized spacial score (nSPS) is 24.1. The van der Waals surface area contributed by atoms with Crippen LogP contribution in [0.15, 0.2) is 102 Å². The molecular formula is C36H37BrN4O4. The predicted molar refractivity (Wildman–Crippen MR) is 176 cm³/mol. The first-order valence-corrected chi connectivity index (χ1v) is 16.1. The van der Waals surface area contributed by atoms with Crippen molar-refractivity contribution in [2.45, 2.75) is 69.4 Å². The Morgan fingerprint density at radius 1 is 0.933 bits per heavy atom.